The molecule has 9 heteroatoms. The molecule has 0 fully saturated rings. The highest BCUT2D eigenvalue weighted by Gasteiger charge is 2.13. The predicted molar refractivity (Wildman–Crippen MR) is 113 cm³/mol. The molecule has 3 aromatic rings. The number of nitrogens with zero attached hydrogens (tertiary/aromatic N) is 2. The molecule has 0 spiro atoms. The Morgan fingerprint density at radius 1 is 1.10 bits per heavy atom. The topological polar surface area (TPSA) is 88.6 Å². The van der Waals surface area contributed by atoms with Gasteiger partial charge in [0.2, 0.25) is 0 Å². The van der Waals surface area contributed by atoms with Crippen molar-refractivity contribution in [3.8, 4) is 9.88 Å². The number of esters is 1. The number of carbonyl (C=O) groups is 3. The molecule has 2 heterocycles. The zero-order valence-electron chi connectivity index (χ0n) is 15.9. The third kappa shape index (κ3) is 5.72. The van der Waals surface area contributed by atoms with Crippen LogP contribution in [0.4, 0.5) is 5.69 Å². The SMILES string of the molecule is CN(C)C(=O)c1ccc(NC(=O)COC(=O)Cc2csc(-c3cccs3)n2)cc1. The molecule has 7 nitrogen and oxygen atoms in total. The van der Waals surface area contributed by atoms with Crippen molar-refractivity contribution in [1.29, 1.82) is 0 Å². The summed E-state index contributed by atoms with van der Waals surface area (Å²) in [5, 5.41) is 7.27. The van der Waals surface area contributed by atoms with E-state index in [1.165, 1.54) is 16.2 Å². The Balaban J connectivity index is 1.45. The Morgan fingerprint density at radius 3 is 2.52 bits per heavy atom. The van der Waals surface area contributed by atoms with Gasteiger partial charge in [0.05, 0.1) is 17.0 Å². The van der Waals surface area contributed by atoms with Crippen LogP contribution in [-0.2, 0) is 20.7 Å². The molecule has 0 unspecified atom stereocenters. The van der Waals surface area contributed by atoms with Crippen LogP contribution in [0.15, 0.2) is 47.2 Å². The van der Waals surface area contributed by atoms with Crippen molar-refractivity contribution in [2.24, 2.45) is 0 Å². The number of benzene rings is 1. The van der Waals surface area contributed by atoms with Crippen LogP contribution in [0.1, 0.15) is 16.1 Å². The molecule has 2 aromatic heterocycles. The maximum Gasteiger partial charge on any atom is 0.312 e. The lowest BCUT2D eigenvalue weighted by molar-refractivity contribution is -0.146. The minimum atomic E-state index is -0.518. The normalized spacial score (nSPS) is 10.4. The van der Waals surface area contributed by atoms with E-state index in [2.05, 4.69) is 10.3 Å². The molecule has 2 amide bonds. The van der Waals surface area contributed by atoms with Crippen LogP contribution in [0, 0.1) is 0 Å². The van der Waals surface area contributed by atoms with Gasteiger partial charge in [-0.05, 0) is 35.7 Å². The van der Waals surface area contributed by atoms with Gasteiger partial charge in [0.15, 0.2) is 6.61 Å². The summed E-state index contributed by atoms with van der Waals surface area (Å²) in [6.45, 7) is -0.390. The maximum atomic E-state index is 12.0. The fraction of sp³-hybridized carbons (Fsp3) is 0.200. The first-order chi connectivity index (χ1) is 13.9. The standard InChI is InChI=1S/C20H19N3O4S2/c1-23(2)20(26)13-5-7-14(8-6-13)21-17(24)11-27-18(25)10-15-12-29-19(22-15)16-4-3-9-28-16/h3-9,12H,10-11H2,1-2H3,(H,21,24). The number of hydrogen-bond acceptors (Lipinski definition) is 7. The van der Waals surface area contributed by atoms with Crippen LogP contribution in [0.5, 0.6) is 0 Å². The van der Waals surface area contributed by atoms with Gasteiger partial charge in [0, 0.05) is 30.7 Å². The molecule has 0 aliphatic carbocycles. The zero-order chi connectivity index (χ0) is 20.8. The fourth-order valence-electron chi connectivity index (χ4n) is 2.40. The van der Waals surface area contributed by atoms with Crippen molar-refractivity contribution in [1.82, 2.24) is 9.88 Å². The highest BCUT2D eigenvalue weighted by atomic mass is 32.1. The predicted octanol–water partition coefficient (Wildman–Crippen LogP) is 3.30. The zero-order valence-corrected chi connectivity index (χ0v) is 17.5. The Kier molecular flexibility index (Phi) is 6.73. The molecule has 0 saturated heterocycles. The second kappa shape index (κ2) is 9.44. The average molecular weight is 430 g/mol. The molecule has 150 valence electrons. The third-order valence-corrected chi connectivity index (χ3v) is 5.73. The third-order valence-electron chi connectivity index (χ3n) is 3.80. The first kappa shape index (κ1) is 20.7. The van der Waals surface area contributed by atoms with Gasteiger partial charge >= 0.3 is 5.97 Å². The van der Waals surface area contributed by atoms with Crippen molar-refractivity contribution in [3.05, 3.63) is 58.4 Å². The van der Waals surface area contributed by atoms with E-state index < -0.39 is 11.9 Å². The number of hydrogen-bond donors (Lipinski definition) is 1. The van der Waals surface area contributed by atoms with Crippen molar-refractivity contribution in [2.75, 3.05) is 26.0 Å². The highest BCUT2D eigenvalue weighted by molar-refractivity contribution is 7.20. The van der Waals surface area contributed by atoms with Gasteiger partial charge in [0.1, 0.15) is 5.01 Å². The Hall–Kier alpha value is -3.04. The van der Waals surface area contributed by atoms with Gasteiger partial charge < -0.3 is 15.0 Å². The summed E-state index contributed by atoms with van der Waals surface area (Å²) < 4.78 is 5.03. The lowest BCUT2D eigenvalue weighted by Crippen LogP contribution is -2.22. The molecule has 1 aromatic carbocycles. The van der Waals surface area contributed by atoms with Crippen LogP contribution < -0.4 is 5.32 Å². The van der Waals surface area contributed by atoms with E-state index in [0.717, 1.165) is 9.88 Å². The first-order valence-corrected chi connectivity index (χ1v) is 10.4. The minimum absolute atomic E-state index is 0.0104. The number of thiophene rings is 1. The lowest BCUT2D eigenvalue weighted by Gasteiger charge is -2.11. The van der Waals surface area contributed by atoms with E-state index in [1.807, 2.05) is 22.9 Å². The van der Waals surface area contributed by atoms with Crippen molar-refractivity contribution >= 4 is 46.1 Å². The number of ether oxygens (including phenoxy) is 1. The summed E-state index contributed by atoms with van der Waals surface area (Å²) in [5.41, 5.74) is 1.65. The molecule has 0 saturated carbocycles. The van der Waals surface area contributed by atoms with Crippen molar-refractivity contribution < 1.29 is 19.1 Å². The number of carbonyl (C=O) groups excluding carboxylic acids is 3. The quantitative estimate of drug-likeness (QED) is 0.582. The summed E-state index contributed by atoms with van der Waals surface area (Å²) in [4.78, 5) is 42.7. The van der Waals surface area contributed by atoms with Crippen LogP contribution in [0.25, 0.3) is 9.88 Å². The number of rotatable bonds is 7. The van der Waals surface area contributed by atoms with Crippen LogP contribution in [0.3, 0.4) is 0 Å². The van der Waals surface area contributed by atoms with E-state index in [4.69, 9.17) is 4.74 Å². The molecule has 0 aliphatic rings. The van der Waals surface area contributed by atoms with Crippen molar-refractivity contribution in [3.63, 3.8) is 0 Å². The van der Waals surface area contributed by atoms with Gasteiger partial charge in [-0.25, -0.2) is 4.98 Å². The number of anilines is 1. The Labute approximate surface area is 176 Å². The van der Waals surface area contributed by atoms with E-state index in [0.29, 0.717) is 16.9 Å². The molecular weight excluding hydrogens is 410 g/mol. The Morgan fingerprint density at radius 2 is 1.86 bits per heavy atom. The highest BCUT2D eigenvalue weighted by Crippen LogP contribution is 2.27. The Bertz CT molecular complexity index is 995. The number of amides is 2. The first-order valence-electron chi connectivity index (χ1n) is 8.68. The summed E-state index contributed by atoms with van der Waals surface area (Å²) in [6, 6.07) is 10.4. The van der Waals surface area contributed by atoms with Gasteiger partial charge in [-0.1, -0.05) is 6.07 Å². The van der Waals surface area contributed by atoms with Gasteiger partial charge in [-0.2, -0.15) is 0 Å². The molecule has 0 aliphatic heterocycles. The molecule has 29 heavy (non-hydrogen) atoms. The van der Waals surface area contributed by atoms with E-state index in [-0.39, 0.29) is 18.9 Å². The summed E-state index contributed by atoms with van der Waals surface area (Å²) in [7, 11) is 3.34. The minimum Gasteiger partial charge on any atom is -0.455 e. The van der Waals surface area contributed by atoms with Gasteiger partial charge in [0.25, 0.3) is 11.8 Å². The van der Waals surface area contributed by atoms with E-state index >= 15 is 0 Å². The summed E-state index contributed by atoms with van der Waals surface area (Å²) in [6.07, 6.45) is 0.0104. The van der Waals surface area contributed by atoms with Gasteiger partial charge in [-0.3, -0.25) is 14.4 Å². The molecule has 0 bridgehead atoms. The second-order valence-corrected chi connectivity index (χ2v) is 8.09. The molecule has 3 rings (SSSR count). The van der Waals surface area contributed by atoms with Crippen molar-refractivity contribution in [2.45, 2.75) is 6.42 Å². The number of aromatic nitrogens is 1. The summed E-state index contributed by atoms with van der Waals surface area (Å²) in [5.74, 6) is -1.10. The molecular formula is C20H19N3O4S2. The van der Waals surface area contributed by atoms with Crippen LogP contribution in [0.2, 0.25) is 0 Å². The monoisotopic (exact) mass is 429 g/mol. The second-order valence-electron chi connectivity index (χ2n) is 6.28. The van der Waals surface area contributed by atoms with Crippen LogP contribution >= 0.6 is 22.7 Å². The van der Waals surface area contributed by atoms with E-state index in [9.17, 15) is 14.4 Å². The lowest BCUT2D eigenvalue weighted by atomic mass is 10.2. The maximum absolute atomic E-state index is 12.0. The largest absolute Gasteiger partial charge is 0.455 e. The molecule has 1 N–H and O–H groups in total. The van der Waals surface area contributed by atoms with E-state index in [1.54, 1.807) is 49.7 Å². The molecule has 0 radical (unpaired) electrons. The van der Waals surface area contributed by atoms with Gasteiger partial charge in [-0.15, -0.1) is 22.7 Å². The molecule has 0 atom stereocenters. The smallest absolute Gasteiger partial charge is 0.312 e. The number of thiazole rings is 1. The average Bonchev–Trinajstić information content (AvgIpc) is 3.38. The fourth-order valence-corrected chi connectivity index (χ4v) is 4.03. The number of nitrogens with one attached hydrogen (secondary N) is 1. The van der Waals surface area contributed by atoms with Crippen LogP contribution in [-0.4, -0.2) is 48.4 Å². The summed E-state index contributed by atoms with van der Waals surface area (Å²) >= 11 is 3.05.